The molecule has 27 heteroatoms. The fraction of sp³-hybridized carbons (Fsp3) is 0.885. The molecule has 0 aromatic carbocycles. The van der Waals surface area contributed by atoms with E-state index < -0.39 is 198 Å². The van der Waals surface area contributed by atoms with Gasteiger partial charge < -0.3 is 119 Å². The Labute approximate surface area is 512 Å². The maximum atomic E-state index is 13.0. The number of rotatable bonds is 19. The summed E-state index contributed by atoms with van der Waals surface area (Å²) in [6.07, 6.45) is -26.4. The average Bonchev–Trinajstić information content (AvgIpc) is 1.19. The Morgan fingerprint density at radius 3 is 1.80 bits per heavy atom. The highest BCUT2D eigenvalue weighted by molar-refractivity contribution is 5.90. The van der Waals surface area contributed by atoms with E-state index in [0.717, 1.165) is 57.4 Å². The molecule has 9 aliphatic rings. The van der Waals surface area contributed by atoms with E-state index in [2.05, 4.69) is 45.3 Å². The maximum Gasteiger partial charge on any atom is 0.217 e. The van der Waals surface area contributed by atoms with Gasteiger partial charge in [-0.15, -0.1) is 0 Å². The van der Waals surface area contributed by atoms with Crippen LogP contribution in [-0.2, 0) is 61.8 Å². The maximum absolute atomic E-state index is 13.0. The first-order chi connectivity index (χ1) is 41.4. The number of ether oxygens (including phenoxy) is 10. The summed E-state index contributed by atoms with van der Waals surface area (Å²) in [5.41, 5.74) is 3.46. The molecule has 0 bridgehead atoms. The quantitative estimate of drug-likeness (QED) is 0.0489. The number of amides is 2. The Hall–Kier alpha value is -2.79. The molecule has 5 heterocycles. The van der Waals surface area contributed by atoms with Gasteiger partial charge in [-0.3, -0.25) is 14.4 Å². The zero-order valence-electron chi connectivity index (χ0n) is 51.8. The molecule has 5 saturated heterocycles. The van der Waals surface area contributed by atoms with Crippen molar-refractivity contribution in [2.75, 3.05) is 33.0 Å². The van der Waals surface area contributed by atoms with E-state index in [0.29, 0.717) is 24.7 Å². The highest BCUT2D eigenvalue weighted by atomic mass is 16.8. The van der Waals surface area contributed by atoms with Gasteiger partial charge in [0.2, 0.25) is 11.8 Å². The summed E-state index contributed by atoms with van der Waals surface area (Å²) in [7, 11) is 0. The van der Waals surface area contributed by atoms with Crippen LogP contribution in [0.3, 0.4) is 0 Å². The van der Waals surface area contributed by atoms with E-state index in [1.807, 2.05) is 13.8 Å². The summed E-state index contributed by atoms with van der Waals surface area (Å²) >= 11 is 0. The minimum atomic E-state index is -1.93. The third-order valence-electron chi connectivity index (χ3n) is 21.2. The molecule has 0 aromatic heterocycles. The second kappa shape index (κ2) is 28.0. The Bertz CT molecular complexity index is 2480. The molecule has 3 unspecified atom stereocenters. The van der Waals surface area contributed by atoms with E-state index in [9.17, 15) is 75.7 Å². The lowest BCUT2D eigenvalue weighted by Crippen LogP contribution is -2.68. The molecule has 0 radical (unpaired) electrons. The fourth-order valence-electron chi connectivity index (χ4n) is 16.7. The van der Waals surface area contributed by atoms with Crippen molar-refractivity contribution in [3.05, 3.63) is 22.8 Å². The van der Waals surface area contributed by atoms with Gasteiger partial charge in [0.15, 0.2) is 37.2 Å². The van der Waals surface area contributed by atoms with Gasteiger partial charge in [-0.1, -0.05) is 51.3 Å². The molecule has 0 aromatic rings. The van der Waals surface area contributed by atoms with E-state index >= 15 is 0 Å². The minimum absolute atomic E-state index is 0.0754. The molecule has 14 N–H and O–H groups in total. The average molecular weight is 1260 g/mol. The molecule has 27 nitrogen and oxygen atoms in total. The number of nitrogens with one attached hydrogen (secondary N) is 2. The van der Waals surface area contributed by atoms with Crippen LogP contribution in [0.15, 0.2) is 22.8 Å². The van der Waals surface area contributed by atoms with Gasteiger partial charge in [-0.25, -0.2) is 0 Å². The predicted octanol–water partition coefficient (Wildman–Crippen LogP) is -2.05. The standard InChI is InChI=1S/C61H98N2O25/c1-25(2)18-29(68)19-26(3)31-11-12-32-30-10-13-39-59(6,7)40(15-17-61(39,9)33(30)14-16-60(31,32)8)86-58-53(47(74)38(24-81-58)85-54-41(62-27(4)66)48(75)44(71)35(20-64)82-54)87-55-42(63-28(5)67)49(76)46(73)37(84-55)23-80-57-52(43(70)34(69)22-79-57)88-56-51(78)50(77)45(72)36(21-65)83-56/h18,26,31-32,34-58,64-65,69-78H,10-17,19-24H2,1-9H3,(H,62,66)(H,63,67)/t26-,31?,32?,34-,35-,36-,37-,38-,39?,40+,41-,42-,43+,44+,45-,46-,47+,48-,49-,50+,51-,52-,53-,54+,55+,56+,57+,58+,60-,61-/m1/s1. The van der Waals surface area contributed by atoms with Crippen molar-refractivity contribution in [2.24, 2.45) is 39.9 Å². The largest absolute Gasteiger partial charge is 0.394 e. The van der Waals surface area contributed by atoms with Crippen molar-refractivity contribution in [3.63, 3.8) is 0 Å². The van der Waals surface area contributed by atoms with Gasteiger partial charge in [-0.05, 0) is 111 Å². The number of allylic oxidation sites excluding steroid dienone is 4. The lowest BCUT2D eigenvalue weighted by Gasteiger charge is -2.61. The summed E-state index contributed by atoms with van der Waals surface area (Å²) < 4.78 is 61.7. The molecule has 5 aliphatic heterocycles. The van der Waals surface area contributed by atoms with Crippen LogP contribution in [0.2, 0.25) is 0 Å². The second-order valence-corrected chi connectivity index (χ2v) is 27.7. The van der Waals surface area contributed by atoms with Crippen molar-refractivity contribution in [1.29, 1.82) is 0 Å². The fourth-order valence-corrected chi connectivity index (χ4v) is 16.7. The molecular formula is C61H98N2O25. The highest BCUT2D eigenvalue weighted by Crippen LogP contribution is 2.68. The van der Waals surface area contributed by atoms with Crippen molar-refractivity contribution in [2.45, 2.75) is 267 Å². The van der Waals surface area contributed by atoms with Crippen molar-refractivity contribution < 1.29 is 123 Å². The predicted molar refractivity (Wildman–Crippen MR) is 303 cm³/mol. The van der Waals surface area contributed by atoms with Crippen LogP contribution < -0.4 is 10.6 Å². The Morgan fingerprint density at radius 2 is 1.17 bits per heavy atom. The minimum Gasteiger partial charge on any atom is -0.394 e. The van der Waals surface area contributed by atoms with Crippen LogP contribution in [0.5, 0.6) is 0 Å². The number of fused-ring (bicyclic) bond motifs is 4. The number of carbonyl (C=O) groups excluding carboxylic acids is 3. The zero-order chi connectivity index (χ0) is 64.2. The van der Waals surface area contributed by atoms with Crippen LogP contribution in [0.25, 0.3) is 0 Å². The summed E-state index contributed by atoms with van der Waals surface area (Å²) in [5, 5.41) is 136. The van der Waals surface area contributed by atoms with Gasteiger partial charge in [-0.2, -0.15) is 0 Å². The van der Waals surface area contributed by atoms with Gasteiger partial charge in [0.1, 0.15) is 110 Å². The third kappa shape index (κ3) is 13.8. The smallest absolute Gasteiger partial charge is 0.217 e. The summed E-state index contributed by atoms with van der Waals surface area (Å²) in [4.78, 5) is 38.4. The van der Waals surface area contributed by atoms with Crippen LogP contribution in [0.4, 0.5) is 0 Å². The van der Waals surface area contributed by atoms with Crippen molar-refractivity contribution >= 4 is 17.6 Å². The number of hydrogen-bond acceptors (Lipinski definition) is 25. The van der Waals surface area contributed by atoms with Gasteiger partial charge in [0.25, 0.3) is 0 Å². The molecule has 2 saturated carbocycles. The molecule has 9 rings (SSSR count). The number of carbonyl (C=O) groups is 3. The molecule has 88 heavy (non-hydrogen) atoms. The topological polar surface area (TPSA) is 410 Å². The number of hydrogen-bond donors (Lipinski definition) is 14. The van der Waals surface area contributed by atoms with E-state index in [1.54, 1.807) is 11.6 Å². The molecule has 502 valence electrons. The molecule has 7 fully saturated rings. The van der Waals surface area contributed by atoms with Crippen LogP contribution in [-0.4, -0.2) is 259 Å². The van der Waals surface area contributed by atoms with Crippen LogP contribution in [0.1, 0.15) is 120 Å². The van der Waals surface area contributed by atoms with Crippen molar-refractivity contribution in [1.82, 2.24) is 10.6 Å². The zero-order valence-corrected chi connectivity index (χ0v) is 51.8. The Morgan fingerprint density at radius 1 is 0.602 bits per heavy atom. The molecular weight excluding hydrogens is 1160 g/mol. The summed E-state index contributed by atoms with van der Waals surface area (Å²) in [5.74, 6) is 0.0789. The molecule has 30 atom stereocenters. The molecule has 4 aliphatic carbocycles. The SMILES string of the molecule is CC(=O)N[C@H]1[C@H](O[C@@H]2CO[C@@H](O[C@H]3CC[C@]4(C)C5=C(CCC4C3(C)C)C3CCC([C@H](C)CC(=O)C=C(C)C)[C@@]3(C)CC5)[C@H](O[C@@H]3O[C@H](CO[C@@H]4OC[C@@H](O)[C@H](O)[C@H]4O[C@@H]4O[C@H](CO)[C@@H](O)[C@H](O)[C@H]4O)[C@@H](O)[C@H](O)[C@H]3NC(C)=O)[C@H]2O)O[C@H](CO)[C@H](O)[C@@H]1O. The van der Waals surface area contributed by atoms with E-state index in [-0.39, 0.29) is 28.4 Å². The third-order valence-corrected chi connectivity index (χ3v) is 21.2. The Kier molecular flexibility index (Phi) is 22.2. The highest BCUT2D eigenvalue weighted by Gasteiger charge is 2.62. The summed E-state index contributed by atoms with van der Waals surface area (Å²) in [6.45, 7) is 14.4. The van der Waals surface area contributed by atoms with E-state index in [4.69, 9.17) is 47.4 Å². The molecule has 2 amide bonds. The number of aliphatic hydroxyl groups excluding tert-OH is 12. The number of ketones is 1. The first-order valence-corrected chi connectivity index (χ1v) is 31.3. The lowest BCUT2D eigenvalue weighted by molar-refractivity contribution is -0.375. The summed E-state index contributed by atoms with van der Waals surface area (Å²) in [6, 6.07) is -3.00. The Balaban J connectivity index is 0.974. The van der Waals surface area contributed by atoms with Crippen molar-refractivity contribution in [3.8, 4) is 0 Å². The first kappa shape index (κ1) is 69.5. The van der Waals surface area contributed by atoms with Crippen LogP contribution in [0, 0.1) is 39.9 Å². The van der Waals surface area contributed by atoms with E-state index in [1.165, 1.54) is 12.5 Å². The van der Waals surface area contributed by atoms with Gasteiger partial charge >= 0.3 is 0 Å². The normalized spacial score (nSPS) is 47.2. The van der Waals surface area contributed by atoms with Gasteiger partial charge in [0.05, 0.1) is 39.1 Å². The number of aliphatic hydroxyl groups is 12. The lowest BCUT2D eigenvalue weighted by atomic mass is 9.45. The monoisotopic (exact) mass is 1260 g/mol. The molecule has 0 spiro atoms. The van der Waals surface area contributed by atoms with Crippen LogP contribution >= 0.6 is 0 Å². The van der Waals surface area contributed by atoms with Gasteiger partial charge in [0, 0.05) is 20.3 Å². The second-order valence-electron chi connectivity index (χ2n) is 27.7. The first-order valence-electron chi connectivity index (χ1n) is 31.3.